The molecule has 5 nitrogen and oxygen atoms in total. The zero-order valence-electron chi connectivity index (χ0n) is 9.20. The zero-order chi connectivity index (χ0) is 13.0. The molecule has 2 aromatic heterocycles. The number of aromatic amines is 1. The van der Waals surface area contributed by atoms with E-state index in [2.05, 4.69) is 25.3 Å². The molecular formula is C10H10F3N5. The fourth-order valence-electron chi connectivity index (χ4n) is 1.33. The van der Waals surface area contributed by atoms with Gasteiger partial charge in [0, 0.05) is 31.1 Å². The van der Waals surface area contributed by atoms with E-state index in [4.69, 9.17) is 0 Å². The van der Waals surface area contributed by atoms with Gasteiger partial charge in [-0.1, -0.05) is 0 Å². The van der Waals surface area contributed by atoms with Crippen LogP contribution >= 0.6 is 0 Å². The number of imidazole rings is 1. The number of nitrogens with one attached hydrogen (secondary N) is 2. The first kappa shape index (κ1) is 12.3. The highest BCUT2D eigenvalue weighted by molar-refractivity contribution is 5.26. The third-order valence-corrected chi connectivity index (χ3v) is 2.18. The summed E-state index contributed by atoms with van der Waals surface area (Å²) in [7, 11) is 0. The summed E-state index contributed by atoms with van der Waals surface area (Å²) in [4.78, 5) is 13.8. The predicted octanol–water partition coefficient (Wildman–Crippen LogP) is 1.87. The molecule has 0 atom stereocenters. The lowest BCUT2D eigenvalue weighted by molar-refractivity contribution is -0.141. The lowest BCUT2D eigenvalue weighted by atomic mass is 10.3. The molecule has 0 radical (unpaired) electrons. The number of hydrogen-bond donors (Lipinski definition) is 2. The monoisotopic (exact) mass is 257 g/mol. The Morgan fingerprint density at radius 2 is 2.17 bits per heavy atom. The zero-order valence-corrected chi connectivity index (χ0v) is 9.20. The number of rotatable bonds is 4. The Hall–Kier alpha value is -2.12. The molecule has 2 aromatic rings. The third kappa shape index (κ3) is 3.19. The number of nitrogens with zero attached hydrogens (tertiary/aromatic N) is 3. The van der Waals surface area contributed by atoms with Gasteiger partial charge < -0.3 is 10.3 Å². The Balaban J connectivity index is 1.93. The number of alkyl halides is 3. The molecule has 0 aromatic carbocycles. The van der Waals surface area contributed by atoms with Crippen LogP contribution in [0.1, 0.15) is 11.4 Å². The first-order chi connectivity index (χ1) is 8.55. The second-order valence-electron chi connectivity index (χ2n) is 3.52. The summed E-state index contributed by atoms with van der Waals surface area (Å²) in [6.45, 7) is 0.420. The van der Waals surface area contributed by atoms with Gasteiger partial charge in [-0.25, -0.2) is 15.0 Å². The van der Waals surface area contributed by atoms with Crippen molar-refractivity contribution in [2.75, 3.05) is 11.9 Å². The minimum absolute atomic E-state index is 0.0376. The molecule has 0 spiro atoms. The molecule has 96 valence electrons. The van der Waals surface area contributed by atoms with Crippen LogP contribution in [0.2, 0.25) is 0 Å². The number of anilines is 1. The summed E-state index contributed by atoms with van der Waals surface area (Å²) < 4.78 is 37.1. The lowest BCUT2D eigenvalue weighted by Gasteiger charge is -2.08. The summed E-state index contributed by atoms with van der Waals surface area (Å²) in [5.74, 6) is -0.0376. The molecule has 0 fully saturated rings. The Labute approximate surface area is 100 Å². The summed E-state index contributed by atoms with van der Waals surface area (Å²) in [5.41, 5.74) is -0.0731. The predicted molar refractivity (Wildman–Crippen MR) is 57.8 cm³/mol. The molecule has 2 rings (SSSR count). The fourth-order valence-corrected chi connectivity index (χ4v) is 1.33. The van der Waals surface area contributed by atoms with Crippen LogP contribution in [0.3, 0.4) is 0 Å². The normalized spacial score (nSPS) is 11.5. The largest absolute Gasteiger partial charge is 0.433 e. The second kappa shape index (κ2) is 5.03. The Morgan fingerprint density at radius 1 is 1.33 bits per heavy atom. The van der Waals surface area contributed by atoms with Gasteiger partial charge in [-0.3, -0.25) is 0 Å². The van der Waals surface area contributed by atoms with Crippen LogP contribution in [-0.4, -0.2) is 26.5 Å². The topological polar surface area (TPSA) is 66.5 Å². The number of H-pyrrole nitrogens is 1. The van der Waals surface area contributed by atoms with Crippen molar-refractivity contribution in [2.24, 2.45) is 0 Å². The standard InChI is InChI=1S/C10H10F3N5/c11-10(12,13)8-2-4-16-9(18-8)15-3-1-7-5-14-6-17-7/h2,4-6H,1,3H2,(H,14,17)(H,15,16,18). The van der Waals surface area contributed by atoms with Crippen molar-refractivity contribution < 1.29 is 13.2 Å². The molecule has 0 unspecified atom stereocenters. The van der Waals surface area contributed by atoms with Crippen LogP contribution in [0, 0.1) is 0 Å². The number of halogens is 3. The molecule has 0 saturated carbocycles. The lowest BCUT2D eigenvalue weighted by Crippen LogP contribution is -2.13. The van der Waals surface area contributed by atoms with Crippen LogP contribution in [0.25, 0.3) is 0 Å². The SMILES string of the molecule is FC(F)(F)c1ccnc(NCCc2cnc[nH]2)n1. The molecule has 2 N–H and O–H groups in total. The van der Waals surface area contributed by atoms with E-state index in [1.807, 2.05) is 0 Å². The van der Waals surface area contributed by atoms with Crippen LogP contribution in [-0.2, 0) is 12.6 Å². The van der Waals surface area contributed by atoms with E-state index >= 15 is 0 Å². The van der Waals surface area contributed by atoms with E-state index in [9.17, 15) is 13.2 Å². The minimum atomic E-state index is -4.46. The highest BCUT2D eigenvalue weighted by Gasteiger charge is 2.32. The van der Waals surface area contributed by atoms with Crippen molar-refractivity contribution in [3.8, 4) is 0 Å². The molecule has 18 heavy (non-hydrogen) atoms. The number of aromatic nitrogens is 4. The molecule has 0 bridgehead atoms. The van der Waals surface area contributed by atoms with Crippen molar-refractivity contribution in [3.63, 3.8) is 0 Å². The van der Waals surface area contributed by atoms with E-state index in [0.29, 0.717) is 13.0 Å². The van der Waals surface area contributed by atoms with Gasteiger partial charge in [0.05, 0.1) is 6.33 Å². The van der Waals surface area contributed by atoms with E-state index in [0.717, 1.165) is 18.0 Å². The minimum Gasteiger partial charge on any atom is -0.354 e. The Morgan fingerprint density at radius 3 is 2.83 bits per heavy atom. The summed E-state index contributed by atoms with van der Waals surface area (Å²) in [5, 5.41) is 2.73. The van der Waals surface area contributed by atoms with Gasteiger partial charge >= 0.3 is 6.18 Å². The maximum Gasteiger partial charge on any atom is 0.433 e. The average molecular weight is 257 g/mol. The fraction of sp³-hybridized carbons (Fsp3) is 0.300. The summed E-state index contributed by atoms with van der Waals surface area (Å²) in [6.07, 6.45) is 0.404. The van der Waals surface area contributed by atoms with Crippen molar-refractivity contribution in [1.82, 2.24) is 19.9 Å². The van der Waals surface area contributed by atoms with Crippen molar-refractivity contribution >= 4 is 5.95 Å². The van der Waals surface area contributed by atoms with E-state index in [1.165, 1.54) is 6.33 Å². The first-order valence-electron chi connectivity index (χ1n) is 5.17. The summed E-state index contributed by atoms with van der Waals surface area (Å²) >= 11 is 0. The van der Waals surface area contributed by atoms with Gasteiger partial charge in [0.15, 0.2) is 0 Å². The van der Waals surface area contributed by atoms with Crippen LogP contribution in [0.5, 0.6) is 0 Å². The third-order valence-electron chi connectivity index (χ3n) is 2.18. The average Bonchev–Trinajstić information content (AvgIpc) is 2.81. The quantitative estimate of drug-likeness (QED) is 0.877. The highest BCUT2D eigenvalue weighted by Crippen LogP contribution is 2.27. The van der Waals surface area contributed by atoms with Gasteiger partial charge in [-0.15, -0.1) is 0 Å². The molecule has 8 heteroatoms. The smallest absolute Gasteiger partial charge is 0.354 e. The molecule has 0 saturated heterocycles. The van der Waals surface area contributed by atoms with E-state index < -0.39 is 11.9 Å². The van der Waals surface area contributed by atoms with Crippen molar-refractivity contribution in [2.45, 2.75) is 12.6 Å². The molecule has 0 aliphatic heterocycles. The van der Waals surface area contributed by atoms with Crippen molar-refractivity contribution in [3.05, 3.63) is 36.2 Å². The van der Waals surface area contributed by atoms with Gasteiger partial charge in [0.25, 0.3) is 0 Å². The molecule has 0 aliphatic rings. The molecule has 0 amide bonds. The van der Waals surface area contributed by atoms with E-state index in [-0.39, 0.29) is 5.95 Å². The van der Waals surface area contributed by atoms with Crippen LogP contribution in [0.4, 0.5) is 19.1 Å². The maximum absolute atomic E-state index is 12.4. The maximum atomic E-state index is 12.4. The van der Waals surface area contributed by atoms with Gasteiger partial charge in [-0.05, 0) is 6.07 Å². The van der Waals surface area contributed by atoms with Gasteiger partial charge in [-0.2, -0.15) is 13.2 Å². The molecule has 2 heterocycles. The Bertz CT molecular complexity index is 494. The van der Waals surface area contributed by atoms with Crippen LogP contribution in [0.15, 0.2) is 24.8 Å². The molecular weight excluding hydrogens is 247 g/mol. The van der Waals surface area contributed by atoms with Crippen LogP contribution < -0.4 is 5.32 Å². The van der Waals surface area contributed by atoms with E-state index in [1.54, 1.807) is 6.20 Å². The highest BCUT2D eigenvalue weighted by atomic mass is 19.4. The molecule has 0 aliphatic carbocycles. The second-order valence-corrected chi connectivity index (χ2v) is 3.52. The number of hydrogen-bond acceptors (Lipinski definition) is 4. The van der Waals surface area contributed by atoms with Gasteiger partial charge in [0.1, 0.15) is 5.69 Å². The van der Waals surface area contributed by atoms with Gasteiger partial charge in [0.2, 0.25) is 5.95 Å². The summed E-state index contributed by atoms with van der Waals surface area (Å²) in [6, 6.07) is 0.833. The first-order valence-corrected chi connectivity index (χ1v) is 5.17. The van der Waals surface area contributed by atoms with Crippen molar-refractivity contribution in [1.29, 1.82) is 0 Å². The Kier molecular flexibility index (Phi) is 3.45.